The Morgan fingerprint density at radius 2 is 1.70 bits per heavy atom. The van der Waals surface area contributed by atoms with E-state index in [1.165, 1.54) is 14.0 Å². The van der Waals surface area contributed by atoms with E-state index in [1.807, 2.05) is 19.9 Å². The summed E-state index contributed by atoms with van der Waals surface area (Å²) in [6.07, 6.45) is -0.975. The van der Waals surface area contributed by atoms with Crippen molar-refractivity contribution in [3.63, 3.8) is 0 Å². The summed E-state index contributed by atoms with van der Waals surface area (Å²) < 4.78 is 6.45. The molecular formula is C21H20N2O4. The lowest BCUT2D eigenvalue weighted by Crippen LogP contribution is -2.28. The monoisotopic (exact) mass is 364 g/mol. The Morgan fingerprint density at radius 1 is 1.04 bits per heavy atom. The lowest BCUT2D eigenvalue weighted by Gasteiger charge is -2.14. The fourth-order valence-corrected chi connectivity index (χ4v) is 2.85. The van der Waals surface area contributed by atoms with Crippen LogP contribution in [0.5, 0.6) is 0 Å². The fraction of sp³-hybridized carbons (Fsp3) is 0.238. The van der Waals surface area contributed by atoms with Crippen LogP contribution in [0, 0.1) is 13.8 Å². The van der Waals surface area contributed by atoms with E-state index in [4.69, 9.17) is 4.74 Å². The number of carbonyl (C=O) groups excluding carboxylic acids is 2. The first-order chi connectivity index (χ1) is 12.8. The normalized spacial score (nSPS) is 12.0. The number of aryl methyl sites for hydroxylation is 3. The Labute approximate surface area is 156 Å². The van der Waals surface area contributed by atoms with Crippen molar-refractivity contribution in [2.24, 2.45) is 7.05 Å². The van der Waals surface area contributed by atoms with Crippen LogP contribution in [-0.2, 0) is 11.8 Å². The van der Waals surface area contributed by atoms with Crippen molar-refractivity contribution in [3.8, 4) is 0 Å². The van der Waals surface area contributed by atoms with Crippen LogP contribution >= 0.6 is 0 Å². The molecule has 3 aromatic rings. The summed E-state index contributed by atoms with van der Waals surface area (Å²) in [6, 6.07) is 12.0. The molecule has 0 aliphatic heterocycles. The molecule has 0 saturated carbocycles. The van der Waals surface area contributed by atoms with E-state index in [2.05, 4.69) is 5.10 Å². The van der Waals surface area contributed by atoms with Crippen LogP contribution in [0.4, 0.5) is 0 Å². The minimum atomic E-state index is -0.975. The summed E-state index contributed by atoms with van der Waals surface area (Å²) in [5, 5.41) is 4.80. The maximum atomic E-state index is 12.6. The highest BCUT2D eigenvalue weighted by Crippen LogP contribution is 2.17. The highest BCUT2D eigenvalue weighted by Gasteiger charge is 2.24. The van der Waals surface area contributed by atoms with Crippen molar-refractivity contribution in [3.05, 3.63) is 75.2 Å². The van der Waals surface area contributed by atoms with Crippen molar-refractivity contribution in [1.29, 1.82) is 0 Å². The molecule has 0 bridgehead atoms. The summed E-state index contributed by atoms with van der Waals surface area (Å²) in [7, 11) is 1.47. The van der Waals surface area contributed by atoms with Gasteiger partial charge in [-0.2, -0.15) is 5.10 Å². The summed E-state index contributed by atoms with van der Waals surface area (Å²) in [6.45, 7) is 5.41. The van der Waals surface area contributed by atoms with Crippen molar-refractivity contribution in [2.45, 2.75) is 26.9 Å². The molecule has 1 aromatic heterocycles. The number of nitrogens with zero attached hydrogens (tertiary/aromatic N) is 2. The van der Waals surface area contributed by atoms with Gasteiger partial charge in [-0.3, -0.25) is 9.59 Å². The van der Waals surface area contributed by atoms with Gasteiger partial charge in [0.05, 0.1) is 5.39 Å². The van der Waals surface area contributed by atoms with Gasteiger partial charge >= 0.3 is 5.97 Å². The number of Topliss-reactive ketones (excluding diaryl/α,β-unsaturated/α-hetero) is 1. The minimum Gasteiger partial charge on any atom is -0.449 e. The van der Waals surface area contributed by atoms with Gasteiger partial charge in [-0.25, -0.2) is 9.48 Å². The molecule has 0 aliphatic carbocycles. The molecule has 0 amide bonds. The number of hydrogen-bond donors (Lipinski definition) is 0. The van der Waals surface area contributed by atoms with Crippen LogP contribution in [0.2, 0.25) is 0 Å². The summed E-state index contributed by atoms with van der Waals surface area (Å²) >= 11 is 0. The van der Waals surface area contributed by atoms with E-state index in [1.54, 1.807) is 36.4 Å². The molecule has 2 aromatic carbocycles. The molecule has 3 rings (SSSR count). The molecule has 138 valence electrons. The van der Waals surface area contributed by atoms with Crippen LogP contribution in [0.15, 0.2) is 47.3 Å². The molecule has 0 saturated heterocycles. The first-order valence-corrected chi connectivity index (χ1v) is 8.58. The molecule has 0 radical (unpaired) electrons. The van der Waals surface area contributed by atoms with Gasteiger partial charge in [0.2, 0.25) is 5.78 Å². The molecule has 0 spiro atoms. The molecule has 27 heavy (non-hydrogen) atoms. The van der Waals surface area contributed by atoms with E-state index < -0.39 is 12.1 Å². The van der Waals surface area contributed by atoms with E-state index in [0.29, 0.717) is 16.3 Å². The van der Waals surface area contributed by atoms with Crippen LogP contribution < -0.4 is 5.56 Å². The summed E-state index contributed by atoms with van der Waals surface area (Å²) in [5.41, 5.74) is 2.26. The molecule has 0 N–H and O–H groups in total. The zero-order valence-corrected chi connectivity index (χ0v) is 15.6. The number of fused-ring (bicyclic) bond motifs is 1. The standard InChI is InChI=1S/C21H20N2O4/c1-12-9-10-15(11-13(12)2)19(24)14(3)27-21(26)18-16-7-5-6-8-17(16)20(25)23(4)22-18/h5-11,14H,1-4H3/t14-/m1/s1. The third-order valence-electron chi connectivity index (χ3n) is 4.59. The lowest BCUT2D eigenvalue weighted by molar-refractivity contribution is 0.0313. The van der Waals surface area contributed by atoms with Gasteiger partial charge in [-0.15, -0.1) is 0 Å². The summed E-state index contributed by atoms with van der Waals surface area (Å²) in [5.74, 6) is -1.04. The fourth-order valence-electron chi connectivity index (χ4n) is 2.85. The quantitative estimate of drug-likeness (QED) is 0.525. The number of rotatable bonds is 4. The van der Waals surface area contributed by atoms with E-state index in [-0.39, 0.29) is 17.0 Å². The van der Waals surface area contributed by atoms with Crippen LogP contribution in [-0.4, -0.2) is 27.6 Å². The number of esters is 1. The second-order valence-electron chi connectivity index (χ2n) is 6.53. The van der Waals surface area contributed by atoms with Gasteiger partial charge in [-0.1, -0.05) is 30.3 Å². The molecule has 0 fully saturated rings. The Balaban J connectivity index is 1.90. The predicted octanol–water partition coefficient (Wildman–Crippen LogP) is 2.98. The molecule has 1 heterocycles. The maximum Gasteiger partial charge on any atom is 0.360 e. The predicted molar refractivity (Wildman–Crippen MR) is 102 cm³/mol. The Bertz CT molecular complexity index is 1110. The largest absolute Gasteiger partial charge is 0.449 e. The second-order valence-corrected chi connectivity index (χ2v) is 6.53. The summed E-state index contributed by atoms with van der Waals surface area (Å²) in [4.78, 5) is 37.4. The van der Waals surface area contributed by atoms with Gasteiger partial charge in [0.25, 0.3) is 5.56 Å². The number of ether oxygens (including phenoxy) is 1. The number of hydrogen-bond acceptors (Lipinski definition) is 5. The average Bonchev–Trinajstić information content (AvgIpc) is 2.66. The van der Waals surface area contributed by atoms with Gasteiger partial charge < -0.3 is 4.74 Å². The molecule has 6 heteroatoms. The smallest absolute Gasteiger partial charge is 0.360 e. The van der Waals surface area contributed by atoms with Crippen molar-refractivity contribution in [2.75, 3.05) is 0 Å². The molecule has 1 atom stereocenters. The highest BCUT2D eigenvalue weighted by atomic mass is 16.5. The average molecular weight is 364 g/mol. The molecule has 0 unspecified atom stereocenters. The number of ketones is 1. The number of carbonyl (C=O) groups is 2. The molecule has 6 nitrogen and oxygen atoms in total. The van der Waals surface area contributed by atoms with Crippen LogP contribution in [0.3, 0.4) is 0 Å². The third-order valence-corrected chi connectivity index (χ3v) is 4.59. The number of aromatic nitrogens is 2. The van der Waals surface area contributed by atoms with Crippen LogP contribution in [0.25, 0.3) is 10.8 Å². The zero-order valence-electron chi connectivity index (χ0n) is 15.6. The van der Waals surface area contributed by atoms with Gasteiger partial charge in [-0.05, 0) is 44.0 Å². The molecule has 0 aliphatic rings. The van der Waals surface area contributed by atoms with Crippen molar-refractivity contribution >= 4 is 22.5 Å². The van der Waals surface area contributed by atoms with E-state index in [9.17, 15) is 14.4 Å². The minimum absolute atomic E-state index is 0.00689. The topological polar surface area (TPSA) is 78.3 Å². The Kier molecular flexibility index (Phi) is 4.90. The van der Waals surface area contributed by atoms with E-state index >= 15 is 0 Å². The van der Waals surface area contributed by atoms with Gasteiger partial charge in [0.1, 0.15) is 0 Å². The van der Waals surface area contributed by atoms with E-state index in [0.717, 1.165) is 15.8 Å². The maximum absolute atomic E-state index is 12.6. The first kappa shape index (κ1) is 18.5. The highest BCUT2D eigenvalue weighted by molar-refractivity contribution is 6.05. The first-order valence-electron chi connectivity index (χ1n) is 8.58. The van der Waals surface area contributed by atoms with Crippen molar-refractivity contribution in [1.82, 2.24) is 9.78 Å². The van der Waals surface area contributed by atoms with Gasteiger partial charge in [0.15, 0.2) is 11.8 Å². The Morgan fingerprint density at radius 3 is 2.37 bits per heavy atom. The lowest BCUT2D eigenvalue weighted by atomic mass is 10.0. The SMILES string of the molecule is Cc1ccc(C(=O)[C@@H](C)OC(=O)c2nn(C)c(=O)c3ccccc23)cc1C. The van der Waals surface area contributed by atoms with Crippen molar-refractivity contribution < 1.29 is 14.3 Å². The number of benzene rings is 2. The molecular weight excluding hydrogens is 344 g/mol. The third kappa shape index (κ3) is 3.51. The second kappa shape index (κ2) is 7.15. The van der Waals surface area contributed by atoms with Crippen LogP contribution in [0.1, 0.15) is 38.9 Å². The Hall–Kier alpha value is -3.28. The van der Waals surface area contributed by atoms with Gasteiger partial charge in [0, 0.05) is 18.0 Å². The zero-order chi connectivity index (χ0) is 19.7.